The molecule has 0 saturated heterocycles. The number of carbonyl (C=O) groups is 1. The van der Waals surface area contributed by atoms with E-state index in [9.17, 15) is 4.79 Å². The van der Waals surface area contributed by atoms with Crippen LogP contribution in [0.5, 0.6) is 0 Å². The molecular formula is C16H19NO. The van der Waals surface area contributed by atoms with Crippen LogP contribution < -0.4 is 5.32 Å². The van der Waals surface area contributed by atoms with Gasteiger partial charge in [-0.1, -0.05) is 56.3 Å². The second kappa shape index (κ2) is 5.32. The third-order valence-electron chi connectivity index (χ3n) is 3.03. The van der Waals surface area contributed by atoms with Gasteiger partial charge in [-0.2, -0.15) is 0 Å². The zero-order valence-electron chi connectivity index (χ0n) is 11.1. The molecule has 0 radical (unpaired) electrons. The predicted octanol–water partition coefficient (Wildman–Crippen LogP) is 3.41. The molecule has 0 aliphatic carbocycles. The van der Waals surface area contributed by atoms with Crippen LogP contribution in [0.3, 0.4) is 0 Å². The lowest BCUT2D eigenvalue weighted by Crippen LogP contribution is -2.38. The first kappa shape index (κ1) is 12.8. The number of rotatable bonds is 4. The summed E-state index contributed by atoms with van der Waals surface area (Å²) in [6.07, 6.45) is 0. The smallest absolute Gasteiger partial charge is 0.180 e. The molecule has 0 bridgehead atoms. The van der Waals surface area contributed by atoms with Crippen molar-refractivity contribution in [3.05, 3.63) is 48.0 Å². The average molecular weight is 241 g/mol. The third kappa shape index (κ3) is 2.59. The molecule has 0 aliphatic heterocycles. The van der Waals surface area contributed by atoms with Crippen molar-refractivity contribution in [2.45, 2.75) is 32.9 Å². The van der Waals surface area contributed by atoms with Crippen LogP contribution in [-0.4, -0.2) is 17.9 Å². The Morgan fingerprint density at radius 2 is 1.67 bits per heavy atom. The number of benzene rings is 2. The van der Waals surface area contributed by atoms with Gasteiger partial charge in [0.05, 0.1) is 6.04 Å². The van der Waals surface area contributed by atoms with Crippen LogP contribution in [0, 0.1) is 0 Å². The third-order valence-corrected chi connectivity index (χ3v) is 3.03. The minimum atomic E-state index is -0.157. The van der Waals surface area contributed by atoms with Crippen molar-refractivity contribution in [2.75, 3.05) is 0 Å². The topological polar surface area (TPSA) is 29.1 Å². The molecule has 0 amide bonds. The van der Waals surface area contributed by atoms with Crippen LogP contribution in [0.1, 0.15) is 31.1 Å². The molecule has 1 N–H and O–H groups in total. The van der Waals surface area contributed by atoms with E-state index in [0.29, 0.717) is 6.04 Å². The summed E-state index contributed by atoms with van der Waals surface area (Å²) in [5.74, 6) is 0.153. The molecule has 94 valence electrons. The zero-order valence-corrected chi connectivity index (χ0v) is 11.1. The summed E-state index contributed by atoms with van der Waals surface area (Å²) in [6.45, 7) is 6.02. The number of ketones is 1. The van der Waals surface area contributed by atoms with Crippen LogP contribution >= 0.6 is 0 Å². The molecule has 2 heteroatoms. The Balaban J connectivity index is 2.39. The first-order valence-corrected chi connectivity index (χ1v) is 6.37. The van der Waals surface area contributed by atoms with E-state index >= 15 is 0 Å². The van der Waals surface area contributed by atoms with Crippen LogP contribution in [0.2, 0.25) is 0 Å². The summed E-state index contributed by atoms with van der Waals surface area (Å²) in [7, 11) is 0. The Morgan fingerprint density at radius 3 is 2.39 bits per heavy atom. The minimum absolute atomic E-state index is 0.153. The molecule has 1 atom stereocenters. The summed E-state index contributed by atoms with van der Waals surface area (Å²) in [5, 5.41) is 5.40. The molecule has 2 aromatic rings. The van der Waals surface area contributed by atoms with Gasteiger partial charge in [0.15, 0.2) is 5.78 Å². The molecule has 0 fully saturated rings. The van der Waals surface area contributed by atoms with Crippen molar-refractivity contribution < 1.29 is 4.79 Å². The second-order valence-corrected chi connectivity index (χ2v) is 4.93. The molecule has 0 heterocycles. The molecule has 0 aromatic heterocycles. The van der Waals surface area contributed by atoms with Gasteiger partial charge in [-0.05, 0) is 17.7 Å². The second-order valence-electron chi connectivity index (χ2n) is 4.93. The Morgan fingerprint density at radius 1 is 1.00 bits per heavy atom. The largest absolute Gasteiger partial charge is 0.305 e. The molecular weight excluding hydrogens is 222 g/mol. The van der Waals surface area contributed by atoms with E-state index in [1.165, 1.54) is 0 Å². The number of hydrogen-bond acceptors (Lipinski definition) is 2. The standard InChI is InChI=1S/C16H19NO/c1-11(2)17-12(3)16(18)15-10-6-8-13-7-4-5-9-14(13)15/h4-12,17H,1-3H3. The highest BCUT2D eigenvalue weighted by Gasteiger charge is 2.17. The normalized spacial score (nSPS) is 12.9. The summed E-state index contributed by atoms with van der Waals surface area (Å²) >= 11 is 0. The number of fused-ring (bicyclic) bond motifs is 1. The van der Waals surface area contributed by atoms with Gasteiger partial charge in [-0.3, -0.25) is 4.79 Å². The maximum absolute atomic E-state index is 12.4. The van der Waals surface area contributed by atoms with Crippen molar-refractivity contribution in [2.24, 2.45) is 0 Å². The van der Waals surface area contributed by atoms with E-state index in [1.54, 1.807) is 0 Å². The molecule has 2 nitrogen and oxygen atoms in total. The molecule has 0 aliphatic rings. The summed E-state index contributed by atoms with van der Waals surface area (Å²) in [4.78, 5) is 12.4. The van der Waals surface area contributed by atoms with Crippen molar-refractivity contribution in [1.82, 2.24) is 5.32 Å². The molecule has 18 heavy (non-hydrogen) atoms. The number of carbonyl (C=O) groups excluding carboxylic acids is 1. The molecule has 0 saturated carbocycles. The highest BCUT2D eigenvalue weighted by atomic mass is 16.1. The summed E-state index contributed by atoms with van der Waals surface area (Å²) < 4.78 is 0. The van der Waals surface area contributed by atoms with E-state index in [1.807, 2.05) is 63.2 Å². The quantitative estimate of drug-likeness (QED) is 0.831. The lowest BCUT2D eigenvalue weighted by atomic mass is 9.98. The van der Waals surface area contributed by atoms with Gasteiger partial charge < -0.3 is 5.32 Å². The fourth-order valence-corrected chi connectivity index (χ4v) is 2.25. The van der Waals surface area contributed by atoms with Crippen LogP contribution in [0.25, 0.3) is 10.8 Å². The Bertz CT molecular complexity index is 555. The predicted molar refractivity (Wildman–Crippen MR) is 76.0 cm³/mol. The van der Waals surface area contributed by atoms with E-state index in [0.717, 1.165) is 16.3 Å². The molecule has 2 rings (SSSR count). The van der Waals surface area contributed by atoms with Crippen molar-refractivity contribution >= 4 is 16.6 Å². The number of hydrogen-bond donors (Lipinski definition) is 1. The molecule has 0 spiro atoms. The highest BCUT2D eigenvalue weighted by molar-refractivity contribution is 6.10. The van der Waals surface area contributed by atoms with Gasteiger partial charge in [0.1, 0.15) is 0 Å². The Labute approximate surface area is 108 Å². The summed E-state index contributed by atoms with van der Waals surface area (Å²) in [5.41, 5.74) is 0.800. The van der Waals surface area contributed by atoms with E-state index in [4.69, 9.17) is 0 Å². The van der Waals surface area contributed by atoms with Gasteiger partial charge >= 0.3 is 0 Å². The molecule has 1 unspecified atom stereocenters. The maximum Gasteiger partial charge on any atom is 0.180 e. The van der Waals surface area contributed by atoms with Crippen molar-refractivity contribution in [3.63, 3.8) is 0 Å². The lowest BCUT2D eigenvalue weighted by Gasteiger charge is -2.16. The maximum atomic E-state index is 12.4. The van der Waals surface area contributed by atoms with E-state index in [2.05, 4.69) is 5.32 Å². The first-order chi connectivity index (χ1) is 8.59. The first-order valence-electron chi connectivity index (χ1n) is 6.37. The zero-order chi connectivity index (χ0) is 13.1. The van der Waals surface area contributed by atoms with Gasteiger partial charge in [-0.25, -0.2) is 0 Å². The summed E-state index contributed by atoms with van der Waals surface area (Å²) in [6, 6.07) is 14.0. The van der Waals surface area contributed by atoms with Crippen LogP contribution in [-0.2, 0) is 0 Å². The highest BCUT2D eigenvalue weighted by Crippen LogP contribution is 2.19. The number of Topliss-reactive ketones (excluding diaryl/α,β-unsaturated/α-hetero) is 1. The van der Waals surface area contributed by atoms with Gasteiger partial charge in [0.25, 0.3) is 0 Å². The van der Waals surface area contributed by atoms with Crippen LogP contribution in [0.15, 0.2) is 42.5 Å². The average Bonchev–Trinajstić information content (AvgIpc) is 2.36. The van der Waals surface area contributed by atoms with Crippen molar-refractivity contribution in [3.8, 4) is 0 Å². The Hall–Kier alpha value is -1.67. The SMILES string of the molecule is CC(C)NC(C)C(=O)c1cccc2ccccc12. The van der Waals surface area contributed by atoms with Gasteiger partial charge in [0.2, 0.25) is 0 Å². The Kier molecular flexibility index (Phi) is 3.78. The molecule has 2 aromatic carbocycles. The van der Waals surface area contributed by atoms with E-state index in [-0.39, 0.29) is 11.8 Å². The monoisotopic (exact) mass is 241 g/mol. The number of nitrogens with one attached hydrogen (secondary N) is 1. The fourth-order valence-electron chi connectivity index (χ4n) is 2.25. The fraction of sp³-hybridized carbons (Fsp3) is 0.312. The van der Waals surface area contributed by atoms with Crippen molar-refractivity contribution in [1.29, 1.82) is 0 Å². The van der Waals surface area contributed by atoms with Gasteiger partial charge in [0, 0.05) is 11.6 Å². The minimum Gasteiger partial charge on any atom is -0.305 e. The van der Waals surface area contributed by atoms with E-state index < -0.39 is 0 Å². The lowest BCUT2D eigenvalue weighted by molar-refractivity contribution is 0.0948. The van der Waals surface area contributed by atoms with Gasteiger partial charge in [-0.15, -0.1) is 0 Å². The van der Waals surface area contributed by atoms with Crippen LogP contribution in [0.4, 0.5) is 0 Å².